The van der Waals surface area contributed by atoms with Gasteiger partial charge in [-0.15, -0.1) is 11.3 Å². The van der Waals surface area contributed by atoms with E-state index in [2.05, 4.69) is 5.10 Å². The summed E-state index contributed by atoms with van der Waals surface area (Å²) in [4.78, 5) is 0.842. The standard InChI is InChI=1S/C9H10FN3S/c1-5-3-4-14-8(5)7-6(10)9(11)13(2)12-7/h3-4H,11H2,1-2H3. The van der Waals surface area contributed by atoms with Gasteiger partial charge in [0.05, 0.1) is 4.88 Å². The molecular formula is C9H10FN3S. The molecule has 0 saturated heterocycles. The zero-order chi connectivity index (χ0) is 10.3. The average Bonchev–Trinajstić information content (AvgIpc) is 2.66. The van der Waals surface area contributed by atoms with Gasteiger partial charge in [0.25, 0.3) is 0 Å². The van der Waals surface area contributed by atoms with Crippen LogP contribution in [0.2, 0.25) is 0 Å². The fourth-order valence-corrected chi connectivity index (χ4v) is 2.18. The van der Waals surface area contributed by atoms with E-state index in [9.17, 15) is 4.39 Å². The van der Waals surface area contributed by atoms with Crippen LogP contribution in [-0.2, 0) is 7.05 Å². The minimum Gasteiger partial charge on any atom is -0.381 e. The largest absolute Gasteiger partial charge is 0.381 e. The molecule has 0 aliphatic rings. The summed E-state index contributed by atoms with van der Waals surface area (Å²) < 4.78 is 14.9. The minimum atomic E-state index is -0.432. The second-order valence-corrected chi connectivity index (χ2v) is 4.02. The van der Waals surface area contributed by atoms with Crippen LogP contribution >= 0.6 is 11.3 Å². The van der Waals surface area contributed by atoms with E-state index >= 15 is 0 Å². The van der Waals surface area contributed by atoms with Crippen LogP contribution in [0.4, 0.5) is 10.2 Å². The van der Waals surface area contributed by atoms with Gasteiger partial charge in [-0.05, 0) is 23.9 Å². The number of aromatic nitrogens is 2. The lowest BCUT2D eigenvalue weighted by atomic mass is 10.2. The highest BCUT2D eigenvalue weighted by molar-refractivity contribution is 7.13. The van der Waals surface area contributed by atoms with Crippen molar-refractivity contribution >= 4 is 17.2 Å². The van der Waals surface area contributed by atoms with E-state index in [1.807, 2.05) is 18.4 Å². The van der Waals surface area contributed by atoms with Crippen LogP contribution in [0.3, 0.4) is 0 Å². The predicted octanol–water partition coefficient (Wildman–Crippen LogP) is 2.18. The lowest BCUT2D eigenvalue weighted by Gasteiger charge is -1.92. The topological polar surface area (TPSA) is 43.8 Å². The number of rotatable bonds is 1. The summed E-state index contributed by atoms with van der Waals surface area (Å²) in [5.41, 5.74) is 6.85. The molecule has 0 fully saturated rings. The molecule has 0 radical (unpaired) electrons. The van der Waals surface area contributed by atoms with Gasteiger partial charge in [0.15, 0.2) is 11.6 Å². The quantitative estimate of drug-likeness (QED) is 0.785. The number of nitrogens with two attached hydrogens (primary N) is 1. The summed E-state index contributed by atoms with van der Waals surface area (Å²) >= 11 is 1.47. The van der Waals surface area contributed by atoms with Gasteiger partial charge in [-0.2, -0.15) is 5.10 Å². The van der Waals surface area contributed by atoms with Gasteiger partial charge < -0.3 is 5.73 Å². The Balaban J connectivity index is 2.63. The first-order chi connectivity index (χ1) is 6.61. The average molecular weight is 211 g/mol. The van der Waals surface area contributed by atoms with Gasteiger partial charge in [-0.25, -0.2) is 9.07 Å². The molecule has 2 aromatic rings. The summed E-state index contributed by atoms with van der Waals surface area (Å²) in [6.45, 7) is 1.93. The van der Waals surface area contributed by atoms with Crippen LogP contribution in [-0.4, -0.2) is 9.78 Å². The Morgan fingerprint density at radius 3 is 2.71 bits per heavy atom. The fraction of sp³-hybridized carbons (Fsp3) is 0.222. The van der Waals surface area contributed by atoms with Crippen LogP contribution in [0.1, 0.15) is 5.56 Å². The number of nitrogens with zero attached hydrogens (tertiary/aromatic N) is 2. The van der Waals surface area contributed by atoms with Crippen molar-refractivity contribution < 1.29 is 4.39 Å². The van der Waals surface area contributed by atoms with Gasteiger partial charge in [-0.3, -0.25) is 0 Å². The second-order valence-electron chi connectivity index (χ2n) is 3.10. The Hall–Kier alpha value is -1.36. The first-order valence-electron chi connectivity index (χ1n) is 4.13. The first-order valence-corrected chi connectivity index (χ1v) is 5.01. The molecule has 0 amide bonds. The molecule has 2 heterocycles. The van der Waals surface area contributed by atoms with E-state index in [0.717, 1.165) is 10.4 Å². The molecule has 0 spiro atoms. The molecule has 74 valence electrons. The maximum absolute atomic E-state index is 13.6. The third kappa shape index (κ3) is 1.21. The third-order valence-corrected chi connectivity index (χ3v) is 3.13. The van der Waals surface area contributed by atoms with Crippen LogP contribution in [0.5, 0.6) is 0 Å². The molecule has 0 aliphatic heterocycles. The molecule has 2 N–H and O–H groups in total. The SMILES string of the molecule is Cc1ccsc1-c1nn(C)c(N)c1F. The fourth-order valence-electron chi connectivity index (χ4n) is 1.27. The second kappa shape index (κ2) is 3.09. The Labute approximate surface area is 85.0 Å². The Morgan fingerprint density at radius 2 is 2.29 bits per heavy atom. The molecule has 0 aromatic carbocycles. The van der Waals surface area contributed by atoms with Gasteiger partial charge in [0, 0.05) is 7.05 Å². The number of halogens is 1. The molecule has 0 aliphatic carbocycles. The molecule has 2 rings (SSSR count). The van der Waals surface area contributed by atoms with Gasteiger partial charge >= 0.3 is 0 Å². The van der Waals surface area contributed by atoms with Crippen LogP contribution in [0, 0.1) is 12.7 Å². The van der Waals surface area contributed by atoms with Crippen molar-refractivity contribution in [2.24, 2.45) is 7.05 Å². The molecule has 14 heavy (non-hydrogen) atoms. The highest BCUT2D eigenvalue weighted by Gasteiger charge is 2.17. The molecule has 3 nitrogen and oxygen atoms in total. The van der Waals surface area contributed by atoms with Crippen molar-refractivity contribution in [3.05, 3.63) is 22.8 Å². The van der Waals surface area contributed by atoms with Gasteiger partial charge in [0.2, 0.25) is 0 Å². The summed E-state index contributed by atoms with van der Waals surface area (Å²) in [5, 5.41) is 5.95. The smallest absolute Gasteiger partial charge is 0.193 e. The van der Waals surface area contributed by atoms with E-state index < -0.39 is 5.82 Å². The maximum Gasteiger partial charge on any atom is 0.193 e. The molecular weight excluding hydrogens is 201 g/mol. The number of nitrogen functional groups attached to an aromatic ring is 1. The normalized spacial score (nSPS) is 10.8. The Kier molecular flexibility index (Phi) is 2.03. The van der Waals surface area contributed by atoms with Crippen LogP contribution in [0.15, 0.2) is 11.4 Å². The number of anilines is 1. The van der Waals surface area contributed by atoms with Crippen molar-refractivity contribution in [2.75, 3.05) is 5.73 Å². The molecule has 0 bridgehead atoms. The molecule has 0 atom stereocenters. The van der Waals surface area contributed by atoms with Crippen molar-refractivity contribution in [1.82, 2.24) is 9.78 Å². The van der Waals surface area contributed by atoms with E-state index in [4.69, 9.17) is 5.73 Å². The zero-order valence-corrected chi connectivity index (χ0v) is 8.73. The van der Waals surface area contributed by atoms with E-state index in [1.54, 1.807) is 7.05 Å². The van der Waals surface area contributed by atoms with Crippen molar-refractivity contribution in [3.63, 3.8) is 0 Å². The molecule has 0 unspecified atom stereocenters. The van der Waals surface area contributed by atoms with E-state index in [1.165, 1.54) is 16.0 Å². The van der Waals surface area contributed by atoms with Gasteiger partial charge in [0.1, 0.15) is 5.69 Å². The summed E-state index contributed by atoms with van der Waals surface area (Å²) in [5.74, 6) is -0.356. The van der Waals surface area contributed by atoms with Crippen molar-refractivity contribution in [3.8, 4) is 10.6 Å². The third-order valence-electron chi connectivity index (χ3n) is 2.11. The number of aryl methyl sites for hydroxylation is 2. The van der Waals surface area contributed by atoms with E-state index in [0.29, 0.717) is 5.69 Å². The Morgan fingerprint density at radius 1 is 1.57 bits per heavy atom. The summed E-state index contributed by atoms with van der Waals surface area (Å²) in [6.07, 6.45) is 0. The minimum absolute atomic E-state index is 0.0767. The number of hydrogen-bond donors (Lipinski definition) is 1. The molecule has 5 heteroatoms. The molecule has 0 saturated carbocycles. The van der Waals surface area contributed by atoms with Crippen LogP contribution in [0.25, 0.3) is 10.6 Å². The molecule has 2 aromatic heterocycles. The van der Waals surface area contributed by atoms with Crippen molar-refractivity contribution in [1.29, 1.82) is 0 Å². The van der Waals surface area contributed by atoms with E-state index in [-0.39, 0.29) is 5.82 Å². The van der Waals surface area contributed by atoms with Gasteiger partial charge in [-0.1, -0.05) is 0 Å². The number of hydrogen-bond acceptors (Lipinski definition) is 3. The highest BCUT2D eigenvalue weighted by atomic mass is 32.1. The zero-order valence-electron chi connectivity index (χ0n) is 7.91. The predicted molar refractivity (Wildman–Crippen MR) is 55.6 cm³/mol. The Bertz CT molecular complexity index is 472. The summed E-state index contributed by atoms with van der Waals surface area (Å²) in [6, 6.07) is 1.93. The van der Waals surface area contributed by atoms with Crippen LogP contribution < -0.4 is 5.73 Å². The number of thiophene rings is 1. The lowest BCUT2D eigenvalue weighted by Crippen LogP contribution is -1.97. The summed E-state index contributed by atoms with van der Waals surface area (Å²) in [7, 11) is 1.63. The highest BCUT2D eigenvalue weighted by Crippen LogP contribution is 2.31. The monoisotopic (exact) mass is 211 g/mol. The van der Waals surface area contributed by atoms with Crippen molar-refractivity contribution in [2.45, 2.75) is 6.92 Å². The lowest BCUT2D eigenvalue weighted by molar-refractivity contribution is 0.634. The first kappa shape index (κ1) is 9.21. The maximum atomic E-state index is 13.6.